The number of hydrogen-bond acceptors (Lipinski definition) is 6. The van der Waals surface area contributed by atoms with Crippen LogP contribution in [0.5, 0.6) is 0 Å². The first-order valence-corrected chi connectivity index (χ1v) is 7.57. The molecule has 0 bridgehead atoms. The van der Waals surface area contributed by atoms with Crippen molar-refractivity contribution in [3.8, 4) is 0 Å². The molecule has 1 spiro atoms. The van der Waals surface area contributed by atoms with Gasteiger partial charge in [0.25, 0.3) is 0 Å². The van der Waals surface area contributed by atoms with Crippen molar-refractivity contribution in [1.29, 1.82) is 0 Å². The second-order valence-electron chi connectivity index (χ2n) is 4.98. The summed E-state index contributed by atoms with van der Waals surface area (Å²) >= 11 is 1.80. The molecule has 3 heterocycles. The van der Waals surface area contributed by atoms with Crippen LogP contribution in [0, 0.1) is 6.92 Å². The lowest BCUT2D eigenvalue weighted by Crippen LogP contribution is -2.48. The molecule has 0 radical (unpaired) electrons. The molecule has 2 fully saturated rings. The van der Waals surface area contributed by atoms with E-state index < -0.39 is 0 Å². The van der Waals surface area contributed by atoms with E-state index >= 15 is 0 Å². The lowest BCUT2D eigenvalue weighted by atomic mass is 9.93. The van der Waals surface area contributed by atoms with Crippen molar-refractivity contribution in [2.45, 2.75) is 31.7 Å². The fourth-order valence-corrected chi connectivity index (χ4v) is 3.56. The van der Waals surface area contributed by atoms with Crippen molar-refractivity contribution >= 4 is 16.9 Å². The highest BCUT2D eigenvalue weighted by molar-refractivity contribution is 8.14. The quantitative estimate of drug-likeness (QED) is 0.897. The number of nitrogens with zero attached hydrogens (tertiary/aromatic N) is 3. The standard InChI is InChI=1S/C12H18N4O2S/c1-9-14-10(18-16-9)2-5-13-11-15-12(8-19-11)3-6-17-7-4-12/h2-8H2,1H3,(H,13,15). The summed E-state index contributed by atoms with van der Waals surface area (Å²) in [6.45, 7) is 4.20. The molecule has 3 rings (SSSR count). The van der Waals surface area contributed by atoms with Gasteiger partial charge in [-0.3, -0.25) is 4.99 Å². The van der Waals surface area contributed by atoms with Crippen LogP contribution >= 0.6 is 11.8 Å². The zero-order valence-corrected chi connectivity index (χ0v) is 11.8. The third kappa shape index (κ3) is 3.09. The fraction of sp³-hybridized carbons (Fsp3) is 0.750. The van der Waals surface area contributed by atoms with Crippen LogP contribution in [0.25, 0.3) is 0 Å². The summed E-state index contributed by atoms with van der Waals surface area (Å²) in [5.41, 5.74) is 0.211. The van der Waals surface area contributed by atoms with Crippen LogP contribution in [0.4, 0.5) is 0 Å². The molecule has 2 saturated heterocycles. The predicted molar refractivity (Wildman–Crippen MR) is 73.4 cm³/mol. The number of rotatable bonds is 3. The molecular weight excluding hydrogens is 264 g/mol. The number of ether oxygens (including phenoxy) is 1. The van der Waals surface area contributed by atoms with Crippen LogP contribution in [-0.4, -0.2) is 46.4 Å². The summed E-state index contributed by atoms with van der Waals surface area (Å²) in [5, 5.41) is 8.37. The van der Waals surface area contributed by atoms with E-state index in [1.807, 2.05) is 6.92 Å². The summed E-state index contributed by atoms with van der Waals surface area (Å²) in [7, 11) is 0. The van der Waals surface area contributed by atoms with E-state index in [0.717, 1.165) is 37.0 Å². The van der Waals surface area contributed by atoms with Crippen molar-refractivity contribution in [2.24, 2.45) is 4.99 Å². The van der Waals surface area contributed by atoms with E-state index in [-0.39, 0.29) is 5.54 Å². The van der Waals surface area contributed by atoms with Crippen LogP contribution in [0.3, 0.4) is 0 Å². The van der Waals surface area contributed by atoms with Gasteiger partial charge in [-0.05, 0) is 19.8 Å². The molecule has 0 atom stereocenters. The van der Waals surface area contributed by atoms with E-state index in [1.165, 1.54) is 0 Å². The van der Waals surface area contributed by atoms with Gasteiger partial charge >= 0.3 is 0 Å². The van der Waals surface area contributed by atoms with E-state index in [2.05, 4.69) is 20.4 Å². The van der Waals surface area contributed by atoms with Crippen LogP contribution in [0.15, 0.2) is 9.52 Å². The third-order valence-electron chi connectivity index (χ3n) is 3.46. The van der Waals surface area contributed by atoms with E-state index in [1.54, 1.807) is 11.8 Å². The number of nitrogens with one attached hydrogen (secondary N) is 1. The van der Waals surface area contributed by atoms with E-state index in [0.29, 0.717) is 24.7 Å². The molecule has 0 unspecified atom stereocenters. The summed E-state index contributed by atoms with van der Waals surface area (Å²) in [6.07, 6.45) is 2.84. The number of amidine groups is 1. The van der Waals surface area contributed by atoms with E-state index in [9.17, 15) is 0 Å². The molecule has 1 N–H and O–H groups in total. The lowest BCUT2D eigenvalue weighted by molar-refractivity contribution is 0.0555. The normalized spacial score (nSPS) is 23.9. The Morgan fingerprint density at radius 2 is 2.26 bits per heavy atom. The second-order valence-corrected chi connectivity index (χ2v) is 5.94. The molecule has 7 heteroatoms. The number of aromatic nitrogens is 2. The Morgan fingerprint density at radius 3 is 3.00 bits per heavy atom. The van der Waals surface area contributed by atoms with Crippen molar-refractivity contribution in [1.82, 2.24) is 15.5 Å². The van der Waals surface area contributed by atoms with Gasteiger partial charge in [-0.2, -0.15) is 4.98 Å². The molecule has 0 saturated carbocycles. The molecule has 6 nitrogen and oxygen atoms in total. The topological polar surface area (TPSA) is 72.5 Å². The SMILES string of the molecule is Cc1noc(CCN=C2NC3(CCOCC3)CS2)n1. The Bertz CT molecular complexity index is 468. The Hall–Kier alpha value is -1.08. The summed E-state index contributed by atoms with van der Waals surface area (Å²) < 4.78 is 10.5. The highest BCUT2D eigenvalue weighted by atomic mass is 32.2. The number of aryl methyl sites for hydroxylation is 1. The summed E-state index contributed by atoms with van der Waals surface area (Å²) in [5.74, 6) is 2.43. The molecular formula is C12H18N4O2S. The highest BCUT2D eigenvalue weighted by Gasteiger charge is 2.38. The second kappa shape index (κ2) is 5.50. The van der Waals surface area contributed by atoms with E-state index in [4.69, 9.17) is 9.26 Å². The molecule has 2 aliphatic heterocycles. The van der Waals surface area contributed by atoms with Crippen molar-refractivity contribution in [3.63, 3.8) is 0 Å². The minimum Gasteiger partial charge on any atom is -0.381 e. The third-order valence-corrected chi connectivity index (χ3v) is 4.66. The maximum absolute atomic E-state index is 5.42. The van der Waals surface area contributed by atoms with Gasteiger partial charge in [0.15, 0.2) is 11.0 Å². The van der Waals surface area contributed by atoms with Gasteiger partial charge < -0.3 is 14.6 Å². The molecule has 0 amide bonds. The first kappa shape index (κ1) is 12.9. The van der Waals surface area contributed by atoms with Crippen LogP contribution in [0.2, 0.25) is 0 Å². The van der Waals surface area contributed by atoms with Crippen LogP contribution in [0.1, 0.15) is 24.6 Å². The zero-order valence-electron chi connectivity index (χ0n) is 11.0. The molecule has 0 aromatic carbocycles. The maximum Gasteiger partial charge on any atom is 0.228 e. The van der Waals surface area contributed by atoms with Crippen molar-refractivity contribution in [3.05, 3.63) is 11.7 Å². The molecule has 104 valence electrons. The predicted octanol–water partition coefficient (Wildman–Crippen LogP) is 1.16. The lowest BCUT2D eigenvalue weighted by Gasteiger charge is -2.32. The highest BCUT2D eigenvalue weighted by Crippen LogP contribution is 2.31. The fourth-order valence-electron chi connectivity index (χ4n) is 2.32. The largest absolute Gasteiger partial charge is 0.381 e. The number of thioether (sulfide) groups is 1. The van der Waals surface area contributed by atoms with Gasteiger partial charge in [-0.1, -0.05) is 16.9 Å². The molecule has 0 aliphatic carbocycles. The van der Waals surface area contributed by atoms with Crippen LogP contribution in [-0.2, 0) is 11.2 Å². The maximum atomic E-state index is 5.42. The van der Waals surface area contributed by atoms with Crippen LogP contribution < -0.4 is 5.32 Å². The number of hydrogen-bond donors (Lipinski definition) is 1. The molecule has 19 heavy (non-hydrogen) atoms. The Balaban J connectivity index is 1.51. The molecule has 2 aliphatic rings. The van der Waals surface area contributed by atoms with Gasteiger partial charge in [-0.25, -0.2) is 0 Å². The Morgan fingerprint density at radius 1 is 1.42 bits per heavy atom. The van der Waals surface area contributed by atoms with Gasteiger partial charge in [0.05, 0.1) is 12.1 Å². The zero-order chi connectivity index (χ0) is 13.1. The minimum atomic E-state index is 0.211. The average molecular weight is 282 g/mol. The van der Waals surface area contributed by atoms with Gasteiger partial charge in [0.1, 0.15) is 0 Å². The molecule has 1 aromatic rings. The Labute approximate surface area is 116 Å². The molecule has 1 aromatic heterocycles. The van der Waals surface area contributed by atoms with Gasteiger partial charge in [0.2, 0.25) is 5.89 Å². The van der Waals surface area contributed by atoms with Gasteiger partial charge in [-0.15, -0.1) is 0 Å². The van der Waals surface area contributed by atoms with Gasteiger partial charge in [0, 0.05) is 25.4 Å². The summed E-state index contributed by atoms with van der Waals surface area (Å²) in [6, 6.07) is 0. The summed E-state index contributed by atoms with van der Waals surface area (Å²) in [4.78, 5) is 8.74. The first-order valence-electron chi connectivity index (χ1n) is 6.58. The average Bonchev–Trinajstić information content (AvgIpc) is 2.99. The monoisotopic (exact) mass is 282 g/mol. The Kier molecular flexibility index (Phi) is 3.74. The first-order chi connectivity index (χ1) is 9.26. The smallest absolute Gasteiger partial charge is 0.228 e. The van der Waals surface area contributed by atoms with Crippen molar-refractivity contribution in [2.75, 3.05) is 25.5 Å². The number of aliphatic imine (C=N–C) groups is 1. The minimum absolute atomic E-state index is 0.211. The van der Waals surface area contributed by atoms with Crippen molar-refractivity contribution < 1.29 is 9.26 Å².